The number of rotatable bonds is 3. The molecule has 0 bridgehead atoms. The second-order valence-corrected chi connectivity index (χ2v) is 6.66. The van der Waals surface area contributed by atoms with Gasteiger partial charge >= 0.3 is 0 Å². The van der Waals surface area contributed by atoms with E-state index in [9.17, 15) is 0 Å². The number of likely N-dealkylation sites (tertiary alicyclic amines) is 1. The van der Waals surface area contributed by atoms with Crippen molar-refractivity contribution in [3.05, 3.63) is 11.8 Å². The quantitative estimate of drug-likeness (QED) is 0.925. The molecule has 2 fully saturated rings. The van der Waals surface area contributed by atoms with Crippen LogP contribution in [0.25, 0.3) is 0 Å². The van der Waals surface area contributed by atoms with E-state index in [1.54, 1.807) is 0 Å². The molecule has 5 nitrogen and oxygen atoms in total. The molecule has 1 unspecified atom stereocenters. The highest BCUT2D eigenvalue weighted by molar-refractivity contribution is 5.45. The molecular formula is C16H27N5. The summed E-state index contributed by atoms with van der Waals surface area (Å²) in [4.78, 5) is 13.6. The van der Waals surface area contributed by atoms with Crippen molar-refractivity contribution in [2.75, 3.05) is 37.8 Å². The maximum absolute atomic E-state index is 5.97. The first-order valence-corrected chi connectivity index (χ1v) is 8.19. The molecule has 3 rings (SSSR count). The first-order chi connectivity index (χ1) is 10.1. The number of aromatic nitrogens is 2. The number of hydrogen-bond acceptors (Lipinski definition) is 5. The number of likely N-dealkylation sites (N-methyl/N-ethyl adjacent to an activating group) is 2. The van der Waals surface area contributed by atoms with Gasteiger partial charge in [0.2, 0.25) is 5.95 Å². The summed E-state index contributed by atoms with van der Waals surface area (Å²) >= 11 is 0. The summed E-state index contributed by atoms with van der Waals surface area (Å²) in [5.74, 6) is 1.98. The molecule has 0 aromatic carbocycles. The van der Waals surface area contributed by atoms with Gasteiger partial charge in [-0.25, -0.2) is 4.98 Å². The molecule has 1 aliphatic heterocycles. The zero-order valence-electron chi connectivity index (χ0n) is 13.3. The summed E-state index contributed by atoms with van der Waals surface area (Å²) in [5, 5.41) is 0. The van der Waals surface area contributed by atoms with Crippen molar-refractivity contribution in [1.29, 1.82) is 0 Å². The lowest BCUT2D eigenvalue weighted by Crippen LogP contribution is -2.34. The zero-order chi connectivity index (χ0) is 14.8. The average Bonchev–Trinajstić information content (AvgIpc) is 2.93. The molecule has 1 aromatic rings. The summed E-state index contributed by atoms with van der Waals surface area (Å²) in [5.41, 5.74) is 7.12. The number of nitrogen functional groups attached to an aromatic ring is 1. The molecule has 1 saturated heterocycles. The number of nitrogens with zero attached hydrogens (tertiary/aromatic N) is 4. The largest absolute Gasteiger partial charge is 0.368 e. The number of anilines is 2. The highest BCUT2D eigenvalue weighted by Crippen LogP contribution is 2.33. The summed E-state index contributed by atoms with van der Waals surface area (Å²) < 4.78 is 0. The molecule has 21 heavy (non-hydrogen) atoms. The van der Waals surface area contributed by atoms with Gasteiger partial charge in [0.05, 0.1) is 5.69 Å². The topological polar surface area (TPSA) is 58.3 Å². The van der Waals surface area contributed by atoms with Crippen LogP contribution in [0.2, 0.25) is 0 Å². The second kappa shape index (κ2) is 6.18. The van der Waals surface area contributed by atoms with Crippen molar-refractivity contribution in [1.82, 2.24) is 14.9 Å². The van der Waals surface area contributed by atoms with Crippen LogP contribution >= 0.6 is 0 Å². The van der Waals surface area contributed by atoms with Gasteiger partial charge in [-0.1, -0.05) is 19.3 Å². The van der Waals surface area contributed by atoms with Crippen LogP contribution in [0.4, 0.5) is 11.8 Å². The zero-order valence-corrected chi connectivity index (χ0v) is 13.3. The Morgan fingerprint density at radius 1 is 1.19 bits per heavy atom. The first-order valence-electron chi connectivity index (χ1n) is 8.19. The lowest BCUT2D eigenvalue weighted by Gasteiger charge is -2.27. The van der Waals surface area contributed by atoms with Gasteiger partial charge in [0.25, 0.3) is 0 Å². The average molecular weight is 289 g/mol. The fraction of sp³-hybridized carbons (Fsp3) is 0.750. The van der Waals surface area contributed by atoms with Gasteiger partial charge in [-0.05, 0) is 32.9 Å². The van der Waals surface area contributed by atoms with Gasteiger partial charge in [0.15, 0.2) is 0 Å². The van der Waals surface area contributed by atoms with Crippen molar-refractivity contribution in [3.63, 3.8) is 0 Å². The van der Waals surface area contributed by atoms with Gasteiger partial charge in [0, 0.05) is 31.6 Å². The molecule has 2 N–H and O–H groups in total. The van der Waals surface area contributed by atoms with E-state index in [4.69, 9.17) is 5.73 Å². The normalized spacial score (nSPS) is 24.4. The van der Waals surface area contributed by atoms with E-state index >= 15 is 0 Å². The van der Waals surface area contributed by atoms with Gasteiger partial charge in [-0.2, -0.15) is 4.98 Å². The maximum Gasteiger partial charge on any atom is 0.222 e. The Morgan fingerprint density at radius 3 is 2.62 bits per heavy atom. The lowest BCUT2D eigenvalue weighted by atomic mass is 9.87. The number of hydrogen-bond donors (Lipinski definition) is 1. The smallest absolute Gasteiger partial charge is 0.222 e. The molecule has 2 heterocycles. The van der Waals surface area contributed by atoms with Crippen LogP contribution in [0.1, 0.15) is 50.1 Å². The minimum absolute atomic E-state index is 0.422. The van der Waals surface area contributed by atoms with Gasteiger partial charge in [0.1, 0.15) is 5.82 Å². The summed E-state index contributed by atoms with van der Waals surface area (Å²) in [6.45, 7) is 2.25. The second-order valence-electron chi connectivity index (χ2n) is 6.66. The maximum atomic E-state index is 5.97. The van der Waals surface area contributed by atoms with Crippen LogP contribution in [-0.4, -0.2) is 48.1 Å². The molecule has 1 atom stereocenters. The highest BCUT2D eigenvalue weighted by Gasteiger charge is 2.25. The molecule has 116 valence electrons. The van der Waals surface area contributed by atoms with E-state index in [-0.39, 0.29) is 0 Å². The van der Waals surface area contributed by atoms with E-state index in [2.05, 4.69) is 39.9 Å². The third-order valence-corrected chi connectivity index (χ3v) is 5.05. The SMILES string of the molecule is CN1CCC(N(C)c2cc(C3CCCCC3)nc(N)n2)C1. The van der Waals surface area contributed by atoms with Gasteiger partial charge in [-0.15, -0.1) is 0 Å². The summed E-state index contributed by atoms with van der Waals surface area (Å²) in [6.07, 6.45) is 7.66. The van der Waals surface area contributed by atoms with Crippen molar-refractivity contribution in [2.24, 2.45) is 0 Å². The van der Waals surface area contributed by atoms with Crippen LogP contribution in [0.5, 0.6) is 0 Å². The first kappa shape index (κ1) is 14.6. The predicted octanol–water partition coefficient (Wildman–Crippen LogP) is 2.25. The predicted molar refractivity (Wildman–Crippen MR) is 86.6 cm³/mol. The van der Waals surface area contributed by atoms with Crippen LogP contribution in [0.15, 0.2) is 6.07 Å². The van der Waals surface area contributed by atoms with E-state index in [1.807, 2.05) is 0 Å². The van der Waals surface area contributed by atoms with Crippen molar-refractivity contribution in [2.45, 2.75) is 50.5 Å². The Bertz CT molecular complexity index is 484. The molecule has 0 radical (unpaired) electrons. The van der Waals surface area contributed by atoms with Crippen molar-refractivity contribution < 1.29 is 0 Å². The van der Waals surface area contributed by atoms with Crippen molar-refractivity contribution in [3.8, 4) is 0 Å². The van der Waals surface area contributed by atoms with E-state index in [1.165, 1.54) is 38.5 Å². The van der Waals surface area contributed by atoms with Crippen LogP contribution < -0.4 is 10.6 Å². The van der Waals surface area contributed by atoms with Crippen LogP contribution in [0.3, 0.4) is 0 Å². The number of nitrogens with two attached hydrogens (primary N) is 1. The molecule has 0 spiro atoms. The molecular weight excluding hydrogens is 262 g/mol. The monoisotopic (exact) mass is 289 g/mol. The molecule has 2 aliphatic rings. The Labute approximate surface area is 127 Å². The molecule has 1 aliphatic carbocycles. The Balaban J connectivity index is 1.79. The standard InChI is InChI=1S/C16H27N5/c1-20-9-8-13(11-20)21(2)15-10-14(18-16(17)19-15)12-6-4-3-5-7-12/h10,12-13H,3-9,11H2,1-2H3,(H2,17,18,19). The summed E-state index contributed by atoms with van der Waals surface area (Å²) in [7, 11) is 4.31. The van der Waals surface area contributed by atoms with E-state index in [0.717, 1.165) is 24.6 Å². The van der Waals surface area contributed by atoms with E-state index in [0.29, 0.717) is 17.9 Å². The highest BCUT2D eigenvalue weighted by atomic mass is 15.3. The Hall–Kier alpha value is -1.36. The van der Waals surface area contributed by atoms with Crippen LogP contribution in [-0.2, 0) is 0 Å². The van der Waals surface area contributed by atoms with Crippen molar-refractivity contribution >= 4 is 11.8 Å². The molecule has 5 heteroatoms. The van der Waals surface area contributed by atoms with Gasteiger partial charge in [-0.3, -0.25) is 0 Å². The lowest BCUT2D eigenvalue weighted by molar-refractivity contribution is 0.409. The van der Waals surface area contributed by atoms with Gasteiger partial charge < -0.3 is 15.5 Å². The summed E-state index contributed by atoms with van der Waals surface area (Å²) in [6, 6.07) is 2.70. The third-order valence-electron chi connectivity index (χ3n) is 5.05. The Morgan fingerprint density at radius 2 is 1.95 bits per heavy atom. The molecule has 1 saturated carbocycles. The minimum atomic E-state index is 0.422. The Kier molecular flexibility index (Phi) is 4.29. The van der Waals surface area contributed by atoms with E-state index < -0.39 is 0 Å². The molecule has 1 aromatic heterocycles. The third kappa shape index (κ3) is 3.28. The fourth-order valence-electron chi connectivity index (χ4n) is 3.67. The minimum Gasteiger partial charge on any atom is -0.368 e. The molecule has 0 amide bonds. The van der Waals surface area contributed by atoms with Crippen LogP contribution in [0, 0.1) is 0 Å². The fourth-order valence-corrected chi connectivity index (χ4v) is 3.67.